The van der Waals surface area contributed by atoms with Gasteiger partial charge in [-0.05, 0) is 13.8 Å². The lowest BCUT2D eigenvalue weighted by molar-refractivity contribution is -1.01. The van der Waals surface area contributed by atoms with Crippen molar-refractivity contribution in [2.75, 3.05) is 20.2 Å². The van der Waals surface area contributed by atoms with E-state index in [4.69, 9.17) is 9.78 Å². The highest BCUT2D eigenvalue weighted by Gasteiger charge is 2.45. The molecule has 0 bridgehead atoms. The molecule has 0 aliphatic heterocycles. The third kappa shape index (κ3) is 3.24. The van der Waals surface area contributed by atoms with Crippen LogP contribution in [0.25, 0.3) is 0 Å². The second-order valence-corrected chi connectivity index (χ2v) is 4.93. The van der Waals surface area contributed by atoms with Gasteiger partial charge in [0.15, 0.2) is 0 Å². The average molecular weight is 264 g/mol. The Morgan fingerprint density at radius 3 is 2.21 bits per heavy atom. The van der Waals surface area contributed by atoms with E-state index in [9.17, 15) is 0 Å². The monoisotopic (exact) mass is 264 g/mol. The molecule has 106 valence electrons. The standard InChI is InChI=1S/C16H26NO2/c1-6-16(4,19-18-5)17(7-2,8-3)14-15-12-10-9-11-13-15/h6,9-13H,1,7-8,14H2,2-5H3/q+1. The highest BCUT2D eigenvalue weighted by Crippen LogP contribution is 2.30. The van der Waals surface area contributed by atoms with Crippen molar-refractivity contribution in [3.05, 3.63) is 48.6 Å². The third-order valence-corrected chi connectivity index (χ3v) is 4.11. The Balaban J connectivity index is 3.11. The van der Waals surface area contributed by atoms with E-state index >= 15 is 0 Å². The van der Waals surface area contributed by atoms with Crippen molar-refractivity contribution < 1.29 is 14.3 Å². The van der Waals surface area contributed by atoms with Crippen LogP contribution < -0.4 is 0 Å². The lowest BCUT2D eigenvalue weighted by Gasteiger charge is -2.47. The molecule has 1 unspecified atom stereocenters. The number of hydrogen-bond acceptors (Lipinski definition) is 2. The normalized spacial score (nSPS) is 14.9. The van der Waals surface area contributed by atoms with Crippen LogP contribution in [0.15, 0.2) is 43.0 Å². The van der Waals surface area contributed by atoms with Gasteiger partial charge in [0.2, 0.25) is 0 Å². The highest BCUT2D eigenvalue weighted by atomic mass is 17.2. The van der Waals surface area contributed by atoms with Gasteiger partial charge >= 0.3 is 0 Å². The molecule has 0 saturated heterocycles. The van der Waals surface area contributed by atoms with E-state index in [1.165, 1.54) is 5.56 Å². The van der Waals surface area contributed by atoms with Gasteiger partial charge in [-0.2, -0.15) is 4.89 Å². The SMILES string of the molecule is C=CC(C)(OOC)[N+](CC)(CC)Cc1ccccc1. The van der Waals surface area contributed by atoms with Gasteiger partial charge in [0.1, 0.15) is 6.54 Å². The molecule has 1 aromatic rings. The Bertz CT molecular complexity index is 387. The Labute approximate surface area is 117 Å². The fourth-order valence-corrected chi connectivity index (χ4v) is 2.64. The molecular weight excluding hydrogens is 238 g/mol. The Morgan fingerprint density at radius 2 is 1.79 bits per heavy atom. The maximum atomic E-state index is 5.55. The molecule has 0 N–H and O–H groups in total. The summed E-state index contributed by atoms with van der Waals surface area (Å²) in [6.45, 7) is 13.1. The van der Waals surface area contributed by atoms with Crippen LogP contribution in [0, 0.1) is 0 Å². The smallest absolute Gasteiger partial charge is 0.250 e. The summed E-state index contributed by atoms with van der Waals surface area (Å²) in [5.41, 5.74) is 0.729. The molecule has 19 heavy (non-hydrogen) atoms. The number of quaternary nitrogens is 1. The topological polar surface area (TPSA) is 18.5 Å². The molecule has 0 fully saturated rings. The van der Waals surface area contributed by atoms with Crippen LogP contribution in [0.4, 0.5) is 0 Å². The van der Waals surface area contributed by atoms with Crippen molar-refractivity contribution in [3.63, 3.8) is 0 Å². The van der Waals surface area contributed by atoms with Gasteiger partial charge in [0.25, 0.3) is 5.72 Å². The Kier molecular flexibility index (Phi) is 5.73. The van der Waals surface area contributed by atoms with Crippen molar-refractivity contribution >= 4 is 0 Å². The largest absolute Gasteiger partial charge is 0.287 e. The molecule has 0 heterocycles. The zero-order valence-electron chi connectivity index (χ0n) is 12.6. The van der Waals surface area contributed by atoms with E-state index in [0.29, 0.717) is 0 Å². The zero-order valence-corrected chi connectivity index (χ0v) is 12.6. The van der Waals surface area contributed by atoms with E-state index in [1.807, 2.05) is 19.1 Å². The molecule has 3 nitrogen and oxygen atoms in total. The van der Waals surface area contributed by atoms with Crippen molar-refractivity contribution in [2.45, 2.75) is 33.0 Å². The van der Waals surface area contributed by atoms with Gasteiger partial charge in [0, 0.05) is 18.6 Å². The molecule has 1 rings (SSSR count). The summed E-state index contributed by atoms with van der Waals surface area (Å²) in [7, 11) is 1.55. The molecule has 0 saturated carbocycles. The summed E-state index contributed by atoms with van der Waals surface area (Å²) < 4.78 is 0.744. The zero-order chi connectivity index (χ0) is 14.4. The number of likely N-dealkylation sites (N-methyl/N-ethyl adjacent to an activating group) is 1. The van der Waals surface area contributed by atoms with Gasteiger partial charge in [-0.25, -0.2) is 4.89 Å². The van der Waals surface area contributed by atoms with Crippen LogP contribution in [-0.2, 0) is 16.3 Å². The van der Waals surface area contributed by atoms with Gasteiger partial charge in [-0.1, -0.05) is 36.9 Å². The first-order chi connectivity index (χ1) is 9.07. The molecular formula is C16H26NO2+. The van der Waals surface area contributed by atoms with E-state index < -0.39 is 5.72 Å². The maximum Gasteiger partial charge on any atom is 0.250 e. The van der Waals surface area contributed by atoms with Gasteiger partial charge in [0.05, 0.1) is 20.2 Å². The molecule has 0 aromatic heterocycles. The minimum atomic E-state index is -0.561. The molecule has 0 spiro atoms. The van der Waals surface area contributed by atoms with Gasteiger partial charge < -0.3 is 0 Å². The summed E-state index contributed by atoms with van der Waals surface area (Å²) in [6.07, 6.45) is 1.84. The van der Waals surface area contributed by atoms with Crippen LogP contribution in [0.2, 0.25) is 0 Å². The first-order valence-corrected chi connectivity index (χ1v) is 6.83. The van der Waals surface area contributed by atoms with Crippen LogP contribution in [-0.4, -0.2) is 30.4 Å². The van der Waals surface area contributed by atoms with E-state index in [-0.39, 0.29) is 0 Å². The minimum absolute atomic E-state index is 0.561. The highest BCUT2D eigenvalue weighted by molar-refractivity contribution is 5.13. The second kappa shape index (κ2) is 6.85. The Morgan fingerprint density at radius 1 is 1.21 bits per heavy atom. The van der Waals surface area contributed by atoms with E-state index in [2.05, 4.69) is 44.7 Å². The van der Waals surface area contributed by atoms with Crippen LogP contribution in [0.5, 0.6) is 0 Å². The molecule has 1 atom stereocenters. The molecule has 0 radical (unpaired) electrons. The fraction of sp³-hybridized carbons (Fsp3) is 0.500. The minimum Gasteiger partial charge on any atom is -0.287 e. The number of rotatable bonds is 8. The Hall–Kier alpha value is -1.16. The van der Waals surface area contributed by atoms with Crippen molar-refractivity contribution in [3.8, 4) is 0 Å². The number of hydrogen-bond donors (Lipinski definition) is 0. The lowest BCUT2D eigenvalue weighted by Crippen LogP contribution is -2.62. The van der Waals surface area contributed by atoms with Gasteiger partial charge in [-0.3, -0.25) is 4.48 Å². The fourth-order valence-electron chi connectivity index (χ4n) is 2.64. The summed E-state index contributed by atoms with van der Waals surface area (Å²) in [6, 6.07) is 10.5. The summed E-state index contributed by atoms with van der Waals surface area (Å²) in [5, 5.41) is 0. The van der Waals surface area contributed by atoms with Gasteiger partial charge in [-0.15, -0.1) is 0 Å². The van der Waals surface area contributed by atoms with Crippen molar-refractivity contribution in [2.24, 2.45) is 0 Å². The van der Waals surface area contributed by atoms with E-state index in [1.54, 1.807) is 7.11 Å². The maximum absolute atomic E-state index is 5.55. The summed E-state index contributed by atoms with van der Waals surface area (Å²) in [4.78, 5) is 10.5. The summed E-state index contributed by atoms with van der Waals surface area (Å²) >= 11 is 0. The predicted molar refractivity (Wildman–Crippen MR) is 78.2 cm³/mol. The average Bonchev–Trinajstić information content (AvgIpc) is 2.46. The molecule has 3 heteroatoms. The number of benzene rings is 1. The third-order valence-electron chi connectivity index (χ3n) is 4.11. The molecule has 1 aromatic carbocycles. The lowest BCUT2D eigenvalue weighted by atomic mass is 10.1. The quantitative estimate of drug-likeness (QED) is 0.235. The van der Waals surface area contributed by atoms with E-state index in [0.717, 1.165) is 24.1 Å². The predicted octanol–water partition coefficient (Wildman–Crippen LogP) is 3.52. The number of nitrogens with zero attached hydrogens (tertiary/aromatic N) is 1. The first kappa shape index (κ1) is 15.9. The van der Waals surface area contributed by atoms with Crippen LogP contribution >= 0.6 is 0 Å². The van der Waals surface area contributed by atoms with Crippen LogP contribution in [0.1, 0.15) is 26.3 Å². The van der Waals surface area contributed by atoms with Crippen molar-refractivity contribution in [1.82, 2.24) is 0 Å². The molecule has 0 aliphatic rings. The van der Waals surface area contributed by atoms with Crippen molar-refractivity contribution in [1.29, 1.82) is 0 Å². The second-order valence-electron chi connectivity index (χ2n) is 4.93. The molecule has 0 amide bonds. The summed E-state index contributed by atoms with van der Waals surface area (Å²) in [5.74, 6) is 0. The van der Waals surface area contributed by atoms with Crippen LogP contribution in [0.3, 0.4) is 0 Å². The first-order valence-electron chi connectivity index (χ1n) is 6.83. The molecule has 0 aliphatic carbocycles.